The number of rotatable bonds is 1. The van der Waals surface area contributed by atoms with Crippen LogP contribution < -0.4 is 11.5 Å². The van der Waals surface area contributed by atoms with E-state index in [1.165, 1.54) is 7.05 Å². The summed E-state index contributed by atoms with van der Waals surface area (Å²) in [6.45, 7) is 0. The molecule has 0 bridgehead atoms. The molecule has 7 nitrogen and oxygen atoms in total. The zero-order valence-corrected chi connectivity index (χ0v) is 5.89. The molecule has 0 aliphatic carbocycles. The molecule has 58 valence electrons. The molecule has 0 spiro atoms. The largest absolute Gasteiger partial charge is 0.368 e. The van der Waals surface area contributed by atoms with Crippen molar-refractivity contribution < 1.29 is 0 Å². The highest BCUT2D eigenvalue weighted by Gasteiger charge is 1.97. The average molecular weight is 153 g/mol. The molecule has 11 heavy (non-hydrogen) atoms. The molecule has 0 saturated heterocycles. The molecular formula is C4H7N7. The molecule has 0 unspecified atom stereocenters. The molecule has 0 aromatic carbocycles. The standard InChI is InChI=1S/C4H7N7/c1-7-11-4-9-2(5)8-3(6)10-4/h1H3,(H4,5,6,8,9,10). The summed E-state index contributed by atoms with van der Waals surface area (Å²) in [4.78, 5) is 10.8. The predicted molar refractivity (Wildman–Crippen MR) is 39.1 cm³/mol. The molecule has 0 atom stereocenters. The molecule has 1 aromatic rings. The van der Waals surface area contributed by atoms with Crippen LogP contribution >= 0.6 is 0 Å². The van der Waals surface area contributed by atoms with Crippen LogP contribution in [0.1, 0.15) is 0 Å². The number of nitrogens with zero attached hydrogens (tertiary/aromatic N) is 5. The van der Waals surface area contributed by atoms with Crippen LogP contribution in [0.25, 0.3) is 0 Å². The van der Waals surface area contributed by atoms with Gasteiger partial charge in [0.05, 0.1) is 0 Å². The maximum atomic E-state index is 5.25. The van der Waals surface area contributed by atoms with E-state index >= 15 is 0 Å². The van der Waals surface area contributed by atoms with Gasteiger partial charge in [-0.3, -0.25) is 0 Å². The van der Waals surface area contributed by atoms with E-state index in [-0.39, 0.29) is 17.8 Å². The second kappa shape index (κ2) is 2.86. The van der Waals surface area contributed by atoms with Crippen LogP contribution in [0.4, 0.5) is 17.8 Å². The third-order valence-corrected chi connectivity index (χ3v) is 0.848. The van der Waals surface area contributed by atoms with Crippen LogP contribution in [0.15, 0.2) is 10.2 Å². The Bertz CT molecular complexity index is 260. The lowest BCUT2D eigenvalue weighted by Gasteiger charge is -1.93. The summed E-state index contributed by atoms with van der Waals surface area (Å²) < 4.78 is 0. The van der Waals surface area contributed by atoms with Gasteiger partial charge in [-0.15, -0.1) is 5.11 Å². The third kappa shape index (κ3) is 1.81. The maximum Gasteiger partial charge on any atom is 0.274 e. The molecule has 7 heteroatoms. The number of hydrogen-bond donors (Lipinski definition) is 2. The second-order valence-electron chi connectivity index (χ2n) is 1.65. The van der Waals surface area contributed by atoms with Crippen molar-refractivity contribution in [2.45, 2.75) is 0 Å². The second-order valence-corrected chi connectivity index (χ2v) is 1.65. The van der Waals surface area contributed by atoms with Gasteiger partial charge in [0, 0.05) is 7.05 Å². The fourth-order valence-corrected chi connectivity index (χ4v) is 0.531. The number of anilines is 2. The summed E-state index contributed by atoms with van der Waals surface area (Å²) in [5.74, 6) is 0.206. The van der Waals surface area contributed by atoms with Crippen LogP contribution in [0, 0.1) is 0 Å². The van der Waals surface area contributed by atoms with Gasteiger partial charge >= 0.3 is 0 Å². The number of hydrogen-bond acceptors (Lipinski definition) is 7. The van der Waals surface area contributed by atoms with Crippen molar-refractivity contribution in [1.29, 1.82) is 0 Å². The number of nitrogens with two attached hydrogens (primary N) is 2. The SMILES string of the molecule is CN=Nc1nc(N)nc(N)n1. The Morgan fingerprint density at radius 3 is 2.09 bits per heavy atom. The lowest BCUT2D eigenvalue weighted by atomic mass is 10.8. The van der Waals surface area contributed by atoms with Gasteiger partial charge in [-0.2, -0.15) is 20.1 Å². The molecule has 0 saturated carbocycles. The van der Waals surface area contributed by atoms with Gasteiger partial charge in [-0.05, 0) is 0 Å². The average Bonchev–Trinajstić information content (AvgIpc) is 1.85. The van der Waals surface area contributed by atoms with E-state index in [4.69, 9.17) is 11.5 Å². The van der Waals surface area contributed by atoms with Crippen molar-refractivity contribution in [3.8, 4) is 0 Å². The van der Waals surface area contributed by atoms with Gasteiger partial charge in [-0.25, -0.2) is 0 Å². The van der Waals surface area contributed by atoms with E-state index in [0.29, 0.717) is 0 Å². The minimum Gasteiger partial charge on any atom is -0.368 e. The predicted octanol–water partition coefficient (Wildman–Crippen LogP) is -0.251. The van der Waals surface area contributed by atoms with Gasteiger partial charge in [0.1, 0.15) is 0 Å². The highest BCUT2D eigenvalue weighted by Crippen LogP contribution is 2.06. The quantitative estimate of drug-likeness (QED) is 0.539. The van der Waals surface area contributed by atoms with Crippen LogP contribution in [-0.4, -0.2) is 22.0 Å². The zero-order chi connectivity index (χ0) is 8.27. The van der Waals surface area contributed by atoms with Crippen molar-refractivity contribution >= 4 is 17.8 Å². The summed E-state index contributed by atoms with van der Waals surface area (Å²) in [6.07, 6.45) is 0. The minimum absolute atomic E-state index is 0.0416. The lowest BCUT2D eigenvalue weighted by molar-refractivity contribution is 1.01. The molecule has 0 amide bonds. The molecule has 0 aliphatic rings. The molecule has 0 fully saturated rings. The normalized spacial score (nSPS) is 10.6. The molecule has 1 aromatic heterocycles. The fraction of sp³-hybridized carbons (Fsp3) is 0.250. The van der Waals surface area contributed by atoms with Crippen LogP contribution in [-0.2, 0) is 0 Å². The molecule has 0 aliphatic heterocycles. The Hall–Kier alpha value is -1.79. The van der Waals surface area contributed by atoms with E-state index in [1.54, 1.807) is 0 Å². The van der Waals surface area contributed by atoms with Gasteiger partial charge in [0.25, 0.3) is 5.95 Å². The Labute approximate surface area is 62.6 Å². The van der Waals surface area contributed by atoms with E-state index in [9.17, 15) is 0 Å². The first kappa shape index (κ1) is 7.32. The summed E-state index contributed by atoms with van der Waals surface area (Å²) in [5.41, 5.74) is 10.5. The first-order chi connectivity index (χ1) is 5.22. The highest BCUT2D eigenvalue weighted by molar-refractivity contribution is 5.32. The Kier molecular flexibility index (Phi) is 1.90. The summed E-state index contributed by atoms with van der Waals surface area (Å²) in [5, 5.41) is 6.98. The van der Waals surface area contributed by atoms with Gasteiger partial charge in [0.2, 0.25) is 11.9 Å². The highest BCUT2D eigenvalue weighted by atomic mass is 15.3. The van der Waals surface area contributed by atoms with Gasteiger partial charge in [0.15, 0.2) is 0 Å². The maximum absolute atomic E-state index is 5.25. The van der Waals surface area contributed by atoms with E-state index in [0.717, 1.165) is 0 Å². The Balaban J connectivity index is 3.08. The molecule has 0 radical (unpaired) electrons. The van der Waals surface area contributed by atoms with E-state index in [1.807, 2.05) is 0 Å². The molecular weight excluding hydrogens is 146 g/mol. The smallest absolute Gasteiger partial charge is 0.274 e. The van der Waals surface area contributed by atoms with Crippen LogP contribution in [0.2, 0.25) is 0 Å². The minimum atomic E-state index is 0.0416. The topological polar surface area (TPSA) is 115 Å². The number of aromatic nitrogens is 3. The molecule has 1 rings (SSSR count). The Morgan fingerprint density at radius 2 is 1.64 bits per heavy atom. The van der Waals surface area contributed by atoms with Gasteiger partial charge < -0.3 is 11.5 Å². The zero-order valence-electron chi connectivity index (χ0n) is 5.89. The summed E-state index contributed by atoms with van der Waals surface area (Å²) in [7, 11) is 1.50. The first-order valence-electron chi connectivity index (χ1n) is 2.79. The monoisotopic (exact) mass is 153 g/mol. The van der Waals surface area contributed by atoms with Gasteiger partial charge in [-0.1, -0.05) is 0 Å². The fourth-order valence-electron chi connectivity index (χ4n) is 0.531. The Morgan fingerprint density at radius 1 is 1.09 bits per heavy atom. The summed E-state index contributed by atoms with van der Waals surface area (Å²) >= 11 is 0. The molecule has 4 N–H and O–H groups in total. The van der Waals surface area contributed by atoms with Crippen molar-refractivity contribution in [2.24, 2.45) is 10.2 Å². The van der Waals surface area contributed by atoms with E-state index in [2.05, 4.69) is 25.2 Å². The third-order valence-electron chi connectivity index (χ3n) is 0.848. The van der Waals surface area contributed by atoms with E-state index < -0.39 is 0 Å². The van der Waals surface area contributed by atoms with Crippen molar-refractivity contribution in [2.75, 3.05) is 18.5 Å². The van der Waals surface area contributed by atoms with Crippen LogP contribution in [0.3, 0.4) is 0 Å². The lowest BCUT2D eigenvalue weighted by Crippen LogP contribution is -2.01. The van der Waals surface area contributed by atoms with Crippen LogP contribution in [0.5, 0.6) is 0 Å². The first-order valence-corrected chi connectivity index (χ1v) is 2.79. The van der Waals surface area contributed by atoms with Crippen molar-refractivity contribution in [3.05, 3.63) is 0 Å². The number of azo groups is 1. The summed E-state index contributed by atoms with van der Waals surface area (Å²) in [6, 6.07) is 0. The number of nitrogen functional groups attached to an aromatic ring is 2. The van der Waals surface area contributed by atoms with Crippen molar-refractivity contribution in [3.63, 3.8) is 0 Å². The van der Waals surface area contributed by atoms with Crippen molar-refractivity contribution in [1.82, 2.24) is 15.0 Å². The molecule has 1 heterocycles.